The molecule has 0 fully saturated rings. The third kappa shape index (κ3) is 34.0. The van der Waals surface area contributed by atoms with Gasteiger partial charge in [0.2, 0.25) is 0 Å². The van der Waals surface area contributed by atoms with Gasteiger partial charge in [-0.2, -0.15) is 0 Å². The van der Waals surface area contributed by atoms with Crippen LogP contribution >= 0.6 is 0 Å². The van der Waals surface area contributed by atoms with Crippen molar-refractivity contribution < 1.29 is 9.47 Å². The highest BCUT2D eigenvalue weighted by Crippen LogP contribution is 2.12. The summed E-state index contributed by atoms with van der Waals surface area (Å²) in [6.45, 7) is 13.1. The van der Waals surface area contributed by atoms with E-state index in [2.05, 4.69) is 29.4 Å². The number of nitrogens with two attached hydrogens (primary N) is 1. The summed E-state index contributed by atoms with van der Waals surface area (Å²) in [5.41, 5.74) is 5.82. The summed E-state index contributed by atoms with van der Waals surface area (Å²) in [4.78, 5) is 2.41. The second-order valence-electron chi connectivity index (χ2n) is 11.8. The molecule has 0 atom stereocenters. The molecule has 0 aromatic heterocycles. The first kappa shape index (κ1) is 39.8. The number of nitrogens with one attached hydrogen (secondary N) is 2. The van der Waals surface area contributed by atoms with Crippen molar-refractivity contribution in [3.8, 4) is 0 Å². The molecule has 0 aliphatic rings. The lowest BCUT2D eigenvalue weighted by Gasteiger charge is -2.22. The van der Waals surface area contributed by atoms with Gasteiger partial charge in [0.05, 0.1) is 13.5 Å². The Hall–Kier alpha value is -0.240. The molecule has 6 nitrogen and oxygen atoms in total. The Morgan fingerprint density at radius 1 is 0.450 bits per heavy atom. The number of hydrogen-bond acceptors (Lipinski definition) is 6. The van der Waals surface area contributed by atoms with Gasteiger partial charge in [0.25, 0.3) is 0 Å². The van der Waals surface area contributed by atoms with Crippen LogP contribution in [0.15, 0.2) is 0 Å². The predicted molar refractivity (Wildman–Crippen MR) is 176 cm³/mol. The van der Waals surface area contributed by atoms with Crippen LogP contribution in [0.1, 0.15) is 155 Å². The van der Waals surface area contributed by atoms with Gasteiger partial charge in [0.1, 0.15) is 0 Å². The van der Waals surface area contributed by atoms with Crippen molar-refractivity contribution in [2.45, 2.75) is 155 Å². The molecule has 0 aromatic rings. The molecule has 0 radical (unpaired) electrons. The lowest BCUT2D eigenvalue weighted by Crippen LogP contribution is -2.40. The number of ether oxygens (including phenoxy) is 2. The Bertz CT molecular complexity index is 406. The third-order valence-electron chi connectivity index (χ3n) is 7.85. The average molecular weight is 571 g/mol. The topological polar surface area (TPSA) is 71.8 Å². The molecule has 0 heterocycles. The number of rotatable bonds is 36. The Kier molecular flexibility index (Phi) is 36.6. The van der Waals surface area contributed by atoms with Gasteiger partial charge in [0, 0.05) is 52.5 Å². The number of unbranched alkanes of at least 4 members (excludes halogenated alkanes) is 20. The lowest BCUT2D eigenvalue weighted by atomic mass is 10.1. The molecule has 40 heavy (non-hydrogen) atoms. The van der Waals surface area contributed by atoms with E-state index in [4.69, 9.17) is 15.2 Å². The van der Waals surface area contributed by atoms with Crippen LogP contribution in [0, 0.1) is 0 Å². The Balaban J connectivity index is 3.35. The molecule has 0 spiro atoms. The van der Waals surface area contributed by atoms with Crippen LogP contribution in [0.2, 0.25) is 0 Å². The summed E-state index contributed by atoms with van der Waals surface area (Å²) < 4.78 is 11.5. The molecule has 0 aromatic carbocycles. The first-order valence-corrected chi connectivity index (χ1v) is 17.8. The van der Waals surface area contributed by atoms with Crippen LogP contribution < -0.4 is 16.4 Å². The SMILES string of the molecule is CCCCCCCCCCCCCOCNCCN(CCN)CCNCOCCCCCCCCCCCCC. The van der Waals surface area contributed by atoms with Gasteiger partial charge in [-0.15, -0.1) is 0 Å². The standard InChI is InChI=1S/C34H74N4O2/c1-3-5-7-9-11-13-15-17-19-21-23-31-39-33-36-26-29-38(28-25-35)30-27-37-34-40-32-24-22-20-18-16-14-12-10-8-6-4-2/h36-37H,3-35H2,1-2H3. The fraction of sp³-hybridized carbons (Fsp3) is 1.00. The number of hydrogen-bond donors (Lipinski definition) is 3. The van der Waals surface area contributed by atoms with Crippen molar-refractivity contribution in [3.63, 3.8) is 0 Å². The summed E-state index contributed by atoms with van der Waals surface area (Å²) in [7, 11) is 0. The van der Waals surface area contributed by atoms with Crippen molar-refractivity contribution in [2.24, 2.45) is 5.73 Å². The van der Waals surface area contributed by atoms with Gasteiger partial charge < -0.3 is 15.2 Å². The first-order valence-electron chi connectivity index (χ1n) is 17.8. The average Bonchev–Trinajstić information content (AvgIpc) is 2.96. The van der Waals surface area contributed by atoms with E-state index in [1.165, 1.54) is 141 Å². The maximum absolute atomic E-state index is 5.82. The zero-order valence-corrected chi connectivity index (χ0v) is 27.5. The van der Waals surface area contributed by atoms with Gasteiger partial charge in [-0.25, -0.2) is 0 Å². The lowest BCUT2D eigenvalue weighted by molar-refractivity contribution is 0.106. The Morgan fingerprint density at radius 3 is 1.10 bits per heavy atom. The smallest absolute Gasteiger partial charge is 0.0965 e. The fourth-order valence-corrected chi connectivity index (χ4v) is 5.16. The minimum atomic E-state index is 0.652. The monoisotopic (exact) mass is 571 g/mol. The first-order chi connectivity index (χ1) is 19.8. The van der Waals surface area contributed by atoms with Crippen LogP contribution in [-0.4, -0.2) is 70.8 Å². The summed E-state index contributed by atoms with van der Waals surface area (Å²) in [5.74, 6) is 0. The highest BCUT2D eigenvalue weighted by atomic mass is 16.5. The van der Waals surface area contributed by atoms with Gasteiger partial charge in [-0.1, -0.05) is 142 Å². The molecule has 0 aliphatic carbocycles. The maximum atomic E-state index is 5.82. The van der Waals surface area contributed by atoms with Crippen LogP contribution in [-0.2, 0) is 9.47 Å². The second kappa shape index (κ2) is 36.8. The van der Waals surface area contributed by atoms with Gasteiger partial charge >= 0.3 is 0 Å². The molecular weight excluding hydrogens is 496 g/mol. The highest BCUT2D eigenvalue weighted by Gasteiger charge is 2.03. The van der Waals surface area contributed by atoms with E-state index in [1.54, 1.807) is 0 Å². The molecule has 0 amide bonds. The largest absolute Gasteiger partial charge is 0.366 e. The van der Waals surface area contributed by atoms with Crippen molar-refractivity contribution in [1.29, 1.82) is 0 Å². The van der Waals surface area contributed by atoms with Crippen LogP contribution in [0.3, 0.4) is 0 Å². The van der Waals surface area contributed by atoms with E-state index in [1.807, 2.05) is 0 Å². The highest BCUT2D eigenvalue weighted by molar-refractivity contribution is 4.61. The quantitative estimate of drug-likeness (QED) is 0.0524. The van der Waals surface area contributed by atoms with Gasteiger partial charge in [-0.3, -0.25) is 15.5 Å². The number of nitrogens with zero attached hydrogens (tertiary/aromatic N) is 1. The molecule has 0 saturated heterocycles. The maximum Gasteiger partial charge on any atom is 0.0965 e. The normalized spacial score (nSPS) is 11.7. The van der Waals surface area contributed by atoms with Gasteiger partial charge in [-0.05, 0) is 12.8 Å². The van der Waals surface area contributed by atoms with Gasteiger partial charge in [0.15, 0.2) is 0 Å². The van der Waals surface area contributed by atoms with E-state index in [-0.39, 0.29) is 0 Å². The third-order valence-corrected chi connectivity index (χ3v) is 7.85. The fourth-order valence-electron chi connectivity index (χ4n) is 5.16. The molecule has 4 N–H and O–H groups in total. The molecule has 0 bridgehead atoms. The Morgan fingerprint density at radius 2 is 0.775 bits per heavy atom. The minimum absolute atomic E-state index is 0.652. The zero-order chi connectivity index (χ0) is 29.0. The van der Waals surface area contributed by atoms with Crippen LogP contribution in [0.25, 0.3) is 0 Å². The predicted octanol–water partition coefficient (Wildman–Crippen LogP) is 8.00. The summed E-state index contributed by atoms with van der Waals surface area (Å²) >= 11 is 0. The van der Waals surface area contributed by atoms with Crippen molar-refractivity contribution in [3.05, 3.63) is 0 Å². The molecule has 0 aliphatic heterocycles. The summed E-state index contributed by atoms with van der Waals surface area (Å²) in [6, 6.07) is 0. The van der Waals surface area contributed by atoms with E-state index in [0.29, 0.717) is 20.0 Å². The van der Waals surface area contributed by atoms with Crippen molar-refractivity contribution in [2.75, 3.05) is 65.9 Å². The van der Waals surface area contributed by atoms with E-state index < -0.39 is 0 Å². The molecular formula is C34H74N4O2. The van der Waals surface area contributed by atoms with E-state index in [9.17, 15) is 0 Å². The Labute approximate surface area is 251 Å². The molecule has 6 heteroatoms. The van der Waals surface area contributed by atoms with E-state index >= 15 is 0 Å². The molecule has 0 unspecified atom stereocenters. The minimum Gasteiger partial charge on any atom is -0.366 e. The molecule has 242 valence electrons. The second-order valence-corrected chi connectivity index (χ2v) is 11.8. The zero-order valence-electron chi connectivity index (χ0n) is 27.5. The molecule has 0 rings (SSSR count). The molecule has 0 saturated carbocycles. The summed E-state index contributed by atoms with van der Waals surface area (Å²) in [6.07, 6.45) is 30.3. The summed E-state index contributed by atoms with van der Waals surface area (Å²) in [5, 5.41) is 6.84. The van der Waals surface area contributed by atoms with Crippen LogP contribution in [0.5, 0.6) is 0 Å². The van der Waals surface area contributed by atoms with Crippen molar-refractivity contribution in [1.82, 2.24) is 15.5 Å². The van der Waals surface area contributed by atoms with Crippen molar-refractivity contribution >= 4 is 0 Å². The van der Waals surface area contributed by atoms with Crippen LogP contribution in [0.4, 0.5) is 0 Å². The van der Waals surface area contributed by atoms with E-state index in [0.717, 1.165) is 45.9 Å².